The Kier molecular flexibility index (Phi) is 4.40. The SMILES string of the molecule is O=c1c([C@@H]2Sc3ccccc3N=C3c4ccccc4OC[C@@H]32)coc2ccc(Cl)cc12. The summed E-state index contributed by atoms with van der Waals surface area (Å²) in [6, 6.07) is 21.1. The van der Waals surface area contributed by atoms with Gasteiger partial charge in [0, 0.05) is 21.0 Å². The van der Waals surface area contributed by atoms with Gasteiger partial charge in [-0.2, -0.15) is 0 Å². The molecule has 152 valence electrons. The minimum atomic E-state index is -0.213. The molecule has 1 aromatic heterocycles. The van der Waals surface area contributed by atoms with Crippen LogP contribution in [0.5, 0.6) is 5.75 Å². The van der Waals surface area contributed by atoms with Crippen LogP contribution in [-0.2, 0) is 0 Å². The van der Waals surface area contributed by atoms with Crippen molar-refractivity contribution < 1.29 is 9.15 Å². The predicted octanol–water partition coefficient (Wildman–Crippen LogP) is 6.42. The van der Waals surface area contributed by atoms with Gasteiger partial charge in [-0.1, -0.05) is 35.9 Å². The zero-order valence-corrected chi connectivity index (χ0v) is 17.8. The average molecular weight is 446 g/mol. The predicted molar refractivity (Wildman–Crippen MR) is 124 cm³/mol. The Morgan fingerprint density at radius 2 is 1.87 bits per heavy atom. The number of nitrogens with zero attached hydrogens (tertiary/aromatic N) is 1. The third-order valence-electron chi connectivity index (χ3n) is 5.73. The molecule has 0 bridgehead atoms. The van der Waals surface area contributed by atoms with Crippen LogP contribution in [0.15, 0.2) is 92.1 Å². The Bertz CT molecular complexity index is 1430. The Balaban J connectivity index is 1.58. The van der Waals surface area contributed by atoms with E-state index in [1.165, 1.54) is 0 Å². The molecule has 0 saturated carbocycles. The lowest BCUT2D eigenvalue weighted by atomic mass is 9.88. The number of benzene rings is 3. The van der Waals surface area contributed by atoms with E-state index in [0.29, 0.717) is 28.2 Å². The van der Waals surface area contributed by atoms with Crippen LogP contribution >= 0.6 is 23.4 Å². The van der Waals surface area contributed by atoms with Crippen molar-refractivity contribution >= 4 is 45.7 Å². The van der Waals surface area contributed by atoms with Crippen LogP contribution in [0.2, 0.25) is 5.02 Å². The van der Waals surface area contributed by atoms with Gasteiger partial charge in [0.2, 0.25) is 0 Å². The summed E-state index contributed by atoms with van der Waals surface area (Å²) in [6.07, 6.45) is 1.59. The molecule has 3 heterocycles. The molecule has 3 aromatic carbocycles. The second-order valence-electron chi connectivity index (χ2n) is 7.58. The molecule has 31 heavy (non-hydrogen) atoms. The molecule has 6 rings (SSSR count). The summed E-state index contributed by atoms with van der Waals surface area (Å²) in [4.78, 5) is 19.6. The number of halogens is 1. The maximum Gasteiger partial charge on any atom is 0.197 e. The highest BCUT2D eigenvalue weighted by molar-refractivity contribution is 7.99. The van der Waals surface area contributed by atoms with Crippen molar-refractivity contribution in [2.45, 2.75) is 10.1 Å². The van der Waals surface area contributed by atoms with Gasteiger partial charge in [0.25, 0.3) is 0 Å². The summed E-state index contributed by atoms with van der Waals surface area (Å²) in [6.45, 7) is 0.439. The molecule has 0 N–H and O–H groups in total. The fourth-order valence-electron chi connectivity index (χ4n) is 4.23. The zero-order valence-electron chi connectivity index (χ0n) is 16.2. The van der Waals surface area contributed by atoms with Crippen LogP contribution in [0.25, 0.3) is 11.0 Å². The summed E-state index contributed by atoms with van der Waals surface area (Å²) in [5.41, 5.74) is 3.86. The summed E-state index contributed by atoms with van der Waals surface area (Å²) < 4.78 is 12.0. The van der Waals surface area contributed by atoms with Crippen LogP contribution < -0.4 is 10.2 Å². The molecule has 0 unspecified atom stereocenters. The summed E-state index contributed by atoms with van der Waals surface area (Å²) in [5.74, 6) is 0.713. The van der Waals surface area contributed by atoms with E-state index in [1.54, 1.807) is 36.2 Å². The molecule has 0 aliphatic carbocycles. The molecule has 0 amide bonds. The van der Waals surface area contributed by atoms with E-state index < -0.39 is 0 Å². The fraction of sp³-hybridized carbons (Fsp3) is 0.120. The number of hydrogen-bond acceptors (Lipinski definition) is 5. The highest BCUT2D eigenvalue weighted by Crippen LogP contribution is 2.49. The van der Waals surface area contributed by atoms with Gasteiger partial charge in [0.15, 0.2) is 5.43 Å². The van der Waals surface area contributed by atoms with Crippen molar-refractivity contribution in [2.75, 3.05) is 6.61 Å². The normalized spacial score (nSPS) is 19.5. The lowest BCUT2D eigenvalue weighted by molar-refractivity contribution is 0.271. The smallest absolute Gasteiger partial charge is 0.197 e. The van der Waals surface area contributed by atoms with Crippen molar-refractivity contribution in [3.05, 3.63) is 99.4 Å². The van der Waals surface area contributed by atoms with Gasteiger partial charge in [-0.3, -0.25) is 9.79 Å². The first kappa shape index (κ1) is 18.7. The molecule has 2 aliphatic rings. The van der Waals surface area contributed by atoms with Gasteiger partial charge in [0.1, 0.15) is 11.3 Å². The molecule has 4 nitrogen and oxygen atoms in total. The molecule has 0 fully saturated rings. The fourth-order valence-corrected chi connectivity index (χ4v) is 5.73. The monoisotopic (exact) mass is 445 g/mol. The highest BCUT2D eigenvalue weighted by Gasteiger charge is 2.38. The van der Waals surface area contributed by atoms with Crippen molar-refractivity contribution in [3.63, 3.8) is 0 Å². The number of ether oxygens (including phenoxy) is 1. The molecule has 0 spiro atoms. The van der Waals surface area contributed by atoms with E-state index in [4.69, 9.17) is 25.7 Å². The van der Waals surface area contributed by atoms with E-state index in [2.05, 4.69) is 0 Å². The molecular formula is C25H16ClNO3S. The van der Waals surface area contributed by atoms with Gasteiger partial charge in [-0.05, 0) is 42.5 Å². The first-order valence-corrected chi connectivity index (χ1v) is 11.2. The van der Waals surface area contributed by atoms with E-state index in [0.717, 1.165) is 27.6 Å². The quantitative estimate of drug-likeness (QED) is 0.339. The lowest BCUT2D eigenvalue weighted by Crippen LogP contribution is -2.33. The number of hydrogen-bond donors (Lipinski definition) is 0. The van der Waals surface area contributed by atoms with Crippen LogP contribution in [0, 0.1) is 5.92 Å². The minimum absolute atomic E-state index is 0.0705. The van der Waals surface area contributed by atoms with Crippen molar-refractivity contribution in [2.24, 2.45) is 10.9 Å². The maximum absolute atomic E-state index is 13.5. The topological polar surface area (TPSA) is 51.8 Å². The molecular weight excluding hydrogens is 430 g/mol. The number of thioether (sulfide) groups is 1. The minimum Gasteiger partial charge on any atom is -0.492 e. The Morgan fingerprint density at radius 3 is 2.81 bits per heavy atom. The third kappa shape index (κ3) is 3.08. The first-order valence-electron chi connectivity index (χ1n) is 9.96. The summed E-state index contributed by atoms with van der Waals surface area (Å²) in [5, 5.41) is 0.780. The molecule has 2 aliphatic heterocycles. The van der Waals surface area contributed by atoms with Crippen LogP contribution in [0.1, 0.15) is 16.4 Å². The number of rotatable bonds is 1. The zero-order chi connectivity index (χ0) is 20.9. The summed E-state index contributed by atoms with van der Waals surface area (Å²) >= 11 is 7.79. The molecule has 4 aromatic rings. The van der Waals surface area contributed by atoms with E-state index >= 15 is 0 Å². The van der Waals surface area contributed by atoms with E-state index in [1.807, 2.05) is 48.5 Å². The number of fused-ring (bicyclic) bond motifs is 5. The lowest BCUT2D eigenvalue weighted by Gasteiger charge is -2.31. The van der Waals surface area contributed by atoms with Crippen LogP contribution in [-0.4, -0.2) is 12.3 Å². The Hall–Kier alpha value is -3.02. The Labute approximate surface area is 187 Å². The van der Waals surface area contributed by atoms with Crippen molar-refractivity contribution in [1.29, 1.82) is 0 Å². The van der Waals surface area contributed by atoms with Gasteiger partial charge in [-0.15, -0.1) is 11.8 Å². The van der Waals surface area contributed by atoms with Crippen molar-refractivity contribution in [1.82, 2.24) is 0 Å². The van der Waals surface area contributed by atoms with Crippen LogP contribution in [0.4, 0.5) is 5.69 Å². The molecule has 2 atom stereocenters. The largest absolute Gasteiger partial charge is 0.492 e. The number of aliphatic imine (C=N–C) groups is 1. The molecule has 0 saturated heterocycles. The summed E-state index contributed by atoms with van der Waals surface area (Å²) in [7, 11) is 0. The first-order chi connectivity index (χ1) is 15.2. The standard InChI is InChI=1S/C25H16ClNO3S/c26-14-9-10-21-16(11-14)24(28)18(13-30-21)25-17-12-29-20-7-3-1-5-15(20)23(17)27-19-6-2-4-8-22(19)31-25/h1-11,13,17,25H,12H2/t17-,25+/m0/s1. The maximum atomic E-state index is 13.5. The van der Waals surface area contributed by atoms with E-state index in [-0.39, 0.29) is 16.6 Å². The highest BCUT2D eigenvalue weighted by atomic mass is 35.5. The Morgan fingerprint density at radius 1 is 1.03 bits per heavy atom. The van der Waals surface area contributed by atoms with Crippen molar-refractivity contribution in [3.8, 4) is 5.75 Å². The average Bonchev–Trinajstić information content (AvgIpc) is 2.97. The van der Waals surface area contributed by atoms with Gasteiger partial charge < -0.3 is 9.15 Å². The van der Waals surface area contributed by atoms with Gasteiger partial charge >= 0.3 is 0 Å². The molecule has 6 heteroatoms. The second-order valence-corrected chi connectivity index (χ2v) is 9.20. The van der Waals surface area contributed by atoms with Crippen LogP contribution in [0.3, 0.4) is 0 Å². The van der Waals surface area contributed by atoms with E-state index in [9.17, 15) is 4.79 Å². The molecule has 0 radical (unpaired) electrons. The van der Waals surface area contributed by atoms with Gasteiger partial charge in [-0.25, -0.2) is 0 Å². The van der Waals surface area contributed by atoms with Gasteiger partial charge in [0.05, 0.1) is 40.8 Å². The number of para-hydroxylation sites is 2. The third-order valence-corrected chi connectivity index (χ3v) is 7.40. The second kappa shape index (κ2) is 7.29.